The first-order valence-corrected chi connectivity index (χ1v) is 10.2. The summed E-state index contributed by atoms with van der Waals surface area (Å²) in [5.74, 6) is 0.117. The molecule has 1 aromatic heterocycles. The number of amides is 1. The zero-order valence-corrected chi connectivity index (χ0v) is 15.5. The van der Waals surface area contributed by atoms with Crippen LogP contribution >= 0.6 is 0 Å². The summed E-state index contributed by atoms with van der Waals surface area (Å²) >= 11 is 0. The standard InChI is InChI=1S/C20H29N3O3/c24-18-12-15-6-2-1-3-8-17(15)21-23(18)14-19(25)22-11-10-20(26)9-5-4-7-16(20)13-22/h12,16,26H,1-11,13-14H2/t16-,20-/m0/s1. The zero-order chi connectivity index (χ0) is 18.1. The van der Waals surface area contributed by atoms with E-state index in [1.54, 1.807) is 6.07 Å². The third-order valence-electron chi connectivity index (χ3n) is 6.59. The van der Waals surface area contributed by atoms with Crippen LogP contribution in [0.3, 0.4) is 0 Å². The topological polar surface area (TPSA) is 75.4 Å². The molecule has 26 heavy (non-hydrogen) atoms. The van der Waals surface area contributed by atoms with Gasteiger partial charge in [0.05, 0.1) is 11.3 Å². The van der Waals surface area contributed by atoms with Crippen LogP contribution in [0.25, 0.3) is 0 Å². The van der Waals surface area contributed by atoms with Gasteiger partial charge in [0.25, 0.3) is 5.56 Å². The van der Waals surface area contributed by atoms with E-state index in [1.807, 2.05) is 4.90 Å². The number of aryl methyl sites for hydroxylation is 2. The van der Waals surface area contributed by atoms with Gasteiger partial charge >= 0.3 is 0 Å². The summed E-state index contributed by atoms with van der Waals surface area (Å²) in [6.45, 7) is 1.19. The van der Waals surface area contributed by atoms with E-state index in [0.29, 0.717) is 19.5 Å². The fourth-order valence-electron chi connectivity index (χ4n) is 4.92. The number of fused-ring (bicyclic) bond motifs is 2. The molecular formula is C20H29N3O3. The molecule has 0 aromatic carbocycles. The van der Waals surface area contributed by atoms with Crippen LogP contribution in [0.1, 0.15) is 62.6 Å². The monoisotopic (exact) mass is 359 g/mol. The van der Waals surface area contributed by atoms with Crippen LogP contribution in [0.2, 0.25) is 0 Å². The van der Waals surface area contributed by atoms with Gasteiger partial charge in [-0.3, -0.25) is 9.59 Å². The average Bonchev–Trinajstić information content (AvgIpc) is 2.86. The van der Waals surface area contributed by atoms with E-state index in [0.717, 1.165) is 62.6 Å². The summed E-state index contributed by atoms with van der Waals surface area (Å²) in [7, 11) is 0. The first kappa shape index (κ1) is 17.7. The van der Waals surface area contributed by atoms with Crippen LogP contribution in [0.4, 0.5) is 0 Å². The molecule has 1 saturated carbocycles. The summed E-state index contributed by atoms with van der Waals surface area (Å²) in [5, 5.41) is 15.3. The van der Waals surface area contributed by atoms with Gasteiger partial charge in [0.15, 0.2) is 0 Å². The highest BCUT2D eigenvalue weighted by atomic mass is 16.3. The Labute approximate surface area is 154 Å². The van der Waals surface area contributed by atoms with E-state index < -0.39 is 5.60 Å². The molecule has 2 fully saturated rings. The van der Waals surface area contributed by atoms with Crippen molar-refractivity contribution in [2.45, 2.75) is 76.4 Å². The van der Waals surface area contributed by atoms with Gasteiger partial charge in [-0.05, 0) is 50.5 Å². The van der Waals surface area contributed by atoms with Crippen LogP contribution in [-0.4, -0.2) is 44.4 Å². The van der Waals surface area contributed by atoms with Crippen LogP contribution in [0.15, 0.2) is 10.9 Å². The lowest BCUT2D eigenvalue weighted by molar-refractivity contribution is -0.144. The number of hydrogen-bond donors (Lipinski definition) is 1. The maximum atomic E-state index is 12.8. The minimum Gasteiger partial charge on any atom is -0.389 e. The number of aliphatic hydroxyl groups is 1. The molecule has 1 saturated heterocycles. The van der Waals surface area contributed by atoms with Crippen molar-refractivity contribution >= 4 is 5.91 Å². The molecule has 6 nitrogen and oxygen atoms in total. The van der Waals surface area contributed by atoms with Crippen LogP contribution in [0, 0.1) is 5.92 Å². The van der Waals surface area contributed by atoms with Gasteiger partial charge in [0.2, 0.25) is 5.91 Å². The average molecular weight is 359 g/mol. The quantitative estimate of drug-likeness (QED) is 0.815. The molecule has 1 amide bonds. The zero-order valence-electron chi connectivity index (χ0n) is 15.5. The number of rotatable bonds is 2. The van der Waals surface area contributed by atoms with Gasteiger partial charge in [-0.25, -0.2) is 4.68 Å². The Balaban J connectivity index is 1.47. The molecule has 0 unspecified atom stereocenters. The molecule has 142 valence electrons. The molecular weight excluding hydrogens is 330 g/mol. The Morgan fingerprint density at radius 3 is 2.92 bits per heavy atom. The fraction of sp³-hybridized carbons (Fsp3) is 0.750. The third kappa shape index (κ3) is 3.43. The smallest absolute Gasteiger partial charge is 0.267 e. The normalized spacial score (nSPS) is 28.8. The van der Waals surface area contributed by atoms with Crippen molar-refractivity contribution in [3.05, 3.63) is 27.7 Å². The first-order chi connectivity index (χ1) is 12.5. The van der Waals surface area contributed by atoms with Gasteiger partial charge in [-0.2, -0.15) is 5.10 Å². The van der Waals surface area contributed by atoms with E-state index in [1.165, 1.54) is 11.1 Å². The SMILES string of the molecule is O=C(Cn1nc2c(cc1=O)CCCCC2)N1CC[C@@]2(O)CCCC[C@H]2C1. The number of hydrogen-bond acceptors (Lipinski definition) is 4. The van der Waals surface area contributed by atoms with Crippen molar-refractivity contribution in [1.82, 2.24) is 14.7 Å². The molecule has 1 aliphatic heterocycles. The molecule has 6 heteroatoms. The molecule has 2 aliphatic carbocycles. The number of piperidine rings is 1. The van der Waals surface area contributed by atoms with Crippen molar-refractivity contribution in [2.24, 2.45) is 5.92 Å². The third-order valence-corrected chi connectivity index (χ3v) is 6.59. The molecule has 1 N–H and O–H groups in total. The van der Waals surface area contributed by atoms with E-state index >= 15 is 0 Å². The lowest BCUT2D eigenvalue weighted by atomic mass is 9.71. The summed E-state index contributed by atoms with van der Waals surface area (Å²) in [4.78, 5) is 27.0. The Bertz CT molecular complexity index is 744. The number of likely N-dealkylation sites (tertiary alicyclic amines) is 1. The molecule has 0 bridgehead atoms. The molecule has 2 heterocycles. The van der Waals surface area contributed by atoms with Crippen molar-refractivity contribution in [3.63, 3.8) is 0 Å². The van der Waals surface area contributed by atoms with Crippen molar-refractivity contribution in [1.29, 1.82) is 0 Å². The second kappa shape index (κ2) is 7.14. The minimum absolute atomic E-state index is 0.0112. The largest absolute Gasteiger partial charge is 0.389 e. The Hall–Kier alpha value is -1.69. The lowest BCUT2D eigenvalue weighted by Crippen LogP contribution is -2.55. The van der Waals surface area contributed by atoms with Crippen molar-refractivity contribution in [3.8, 4) is 0 Å². The highest BCUT2D eigenvalue weighted by molar-refractivity contribution is 5.76. The van der Waals surface area contributed by atoms with E-state index in [9.17, 15) is 14.7 Å². The number of aromatic nitrogens is 2. The predicted octanol–water partition coefficient (Wildman–Crippen LogP) is 1.67. The maximum Gasteiger partial charge on any atom is 0.267 e. The lowest BCUT2D eigenvalue weighted by Gasteiger charge is -2.47. The van der Waals surface area contributed by atoms with E-state index in [4.69, 9.17) is 0 Å². The highest BCUT2D eigenvalue weighted by Gasteiger charge is 2.43. The Morgan fingerprint density at radius 1 is 1.19 bits per heavy atom. The van der Waals surface area contributed by atoms with Crippen LogP contribution < -0.4 is 5.56 Å². The van der Waals surface area contributed by atoms with Gasteiger partial charge in [0, 0.05) is 25.1 Å². The summed E-state index contributed by atoms with van der Waals surface area (Å²) in [6, 6.07) is 1.68. The molecule has 0 spiro atoms. The number of carbonyl (C=O) groups is 1. The second-order valence-corrected chi connectivity index (χ2v) is 8.31. The Morgan fingerprint density at radius 2 is 2.04 bits per heavy atom. The van der Waals surface area contributed by atoms with Crippen LogP contribution in [0.5, 0.6) is 0 Å². The van der Waals surface area contributed by atoms with Gasteiger partial charge in [-0.1, -0.05) is 19.3 Å². The van der Waals surface area contributed by atoms with E-state index in [2.05, 4.69) is 5.10 Å². The number of nitrogens with zero attached hydrogens (tertiary/aromatic N) is 3. The molecule has 1 aromatic rings. The molecule has 4 rings (SSSR count). The fourth-order valence-corrected chi connectivity index (χ4v) is 4.92. The predicted molar refractivity (Wildman–Crippen MR) is 97.9 cm³/mol. The van der Waals surface area contributed by atoms with Gasteiger partial charge < -0.3 is 10.0 Å². The van der Waals surface area contributed by atoms with Gasteiger partial charge in [-0.15, -0.1) is 0 Å². The molecule has 3 aliphatic rings. The van der Waals surface area contributed by atoms with E-state index in [-0.39, 0.29) is 23.9 Å². The summed E-state index contributed by atoms with van der Waals surface area (Å²) in [5.41, 5.74) is 1.27. The Kier molecular flexibility index (Phi) is 4.86. The maximum absolute atomic E-state index is 12.8. The van der Waals surface area contributed by atoms with Gasteiger partial charge in [0.1, 0.15) is 6.54 Å². The first-order valence-electron chi connectivity index (χ1n) is 10.2. The highest BCUT2D eigenvalue weighted by Crippen LogP contribution is 2.39. The molecule has 2 atom stereocenters. The van der Waals surface area contributed by atoms with Crippen LogP contribution in [-0.2, 0) is 24.2 Å². The van der Waals surface area contributed by atoms with Crippen molar-refractivity contribution < 1.29 is 9.90 Å². The summed E-state index contributed by atoms with van der Waals surface area (Å²) in [6.07, 6.45) is 9.87. The minimum atomic E-state index is -0.589. The second-order valence-electron chi connectivity index (χ2n) is 8.31. The number of carbonyl (C=O) groups excluding carboxylic acids is 1. The summed E-state index contributed by atoms with van der Waals surface area (Å²) < 4.78 is 1.34. The van der Waals surface area contributed by atoms with Crippen molar-refractivity contribution in [2.75, 3.05) is 13.1 Å². The molecule has 0 radical (unpaired) electrons.